The minimum atomic E-state index is -0.296. The van der Waals surface area contributed by atoms with Crippen LogP contribution in [-0.2, 0) is 19.5 Å². The number of carbonyl (C=O) groups is 1. The monoisotopic (exact) mass is 287 g/mol. The molecular weight excluding hydrogens is 270 g/mol. The van der Waals surface area contributed by atoms with Gasteiger partial charge in [0.1, 0.15) is 11.6 Å². The van der Waals surface area contributed by atoms with Gasteiger partial charge in [0.2, 0.25) is 0 Å². The molecule has 2 aromatic rings. The van der Waals surface area contributed by atoms with E-state index in [1.807, 2.05) is 12.1 Å². The second-order valence-electron chi connectivity index (χ2n) is 4.80. The lowest BCUT2D eigenvalue weighted by molar-refractivity contribution is 0.251. The van der Waals surface area contributed by atoms with E-state index in [1.165, 1.54) is 0 Å². The Hall–Kier alpha value is -2.57. The highest BCUT2D eigenvalue weighted by Crippen LogP contribution is 2.22. The quantitative estimate of drug-likeness (QED) is 0.894. The molecular formula is C14H17N5O2. The van der Waals surface area contributed by atoms with Crippen LogP contribution in [0.1, 0.15) is 18.1 Å². The minimum Gasteiger partial charge on any atom is -0.495 e. The SMILES string of the molecule is COc1ccccc1NC(=O)NCc1nnc2n1CCC2. The number of nitrogens with one attached hydrogen (secondary N) is 2. The molecule has 21 heavy (non-hydrogen) atoms. The molecule has 3 rings (SSSR count). The molecule has 110 valence electrons. The lowest BCUT2D eigenvalue weighted by Gasteiger charge is -2.10. The van der Waals surface area contributed by atoms with Crippen molar-refractivity contribution in [1.29, 1.82) is 0 Å². The Bertz CT molecular complexity index is 653. The van der Waals surface area contributed by atoms with Crippen LogP contribution in [-0.4, -0.2) is 27.9 Å². The van der Waals surface area contributed by atoms with E-state index < -0.39 is 0 Å². The molecule has 1 aromatic carbocycles. The number of anilines is 1. The van der Waals surface area contributed by atoms with Gasteiger partial charge in [0.15, 0.2) is 5.82 Å². The number of urea groups is 1. The van der Waals surface area contributed by atoms with Gasteiger partial charge < -0.3 is 19.9 Å². The predicted molar refractivity (Wildman–Crippen MR) is 77.2 cm³/mol. The van der Waals surface area contributed by atoms with Gasteiger partial charge >= 0.3 is 6.03 Å². The first-order valence-corrected chi connectivity index (χ1v) is 6.87. The molecule has 0 atom stereocenters. The number of fused-ring (bicyclic) bond motifs is 1. The Morgan fingerprint density at radius 1 is 1.38 bits per heavy atom. The Labute approximate surface area is 122 Å². The van der Waals surface area contributed by atoms with Crippen molar-refractivity contribution < 1.29 is 9.53 Å². The van der Waals surface area contributed by atoms with Crippen LogP contribution in [0.2, 0.25) is 0 Å². The number of amides is 2. The fourth-order valence-corrected chi connectivity index (χ4v) is 2.42. The van der Waals surface area contributed by atoms with E-state index in [0.29, 0.717) is 18.0 Å². The van der Waals surface area contributed by atoms with Crippen molar-refractivity contribution in [2.24, 2.45) is 0 Å². The van der Waals surface area contributed by atoms with E-state index in [2.05, 4.69) is 25.4 Å². The zero-order valence-electron chi connectivity index (χ0n) is 11.8. The average Bonchev–Trinajstić information content (AvgIpc) is 3.09. The minimum absolute atomic E-state index is 0.296. The molecule has 2 N–H and O–H groups in total. The summed E-state index contributed by atoms with van der Waals surface area (Å²) in [5.41, 5.74) is 0.629. The summed E-state index contributed by atoms with van der Waals surface area (Å²) in [7, 11) is 1.57. The summed E-state index contributed by atoms with van der Waals surface area (Å²) in [5.74, 6) is 2.41. The second-order valence-corrected chi connectivity index (χ2v) is 4.80. The highest BCUT2D eigenvalue weighted by molar-refractivity contribution is 5.90. The van der Waals surface area contributed by atoms with E-state index in [0.717, 1.165) is 31.0 Å². The largest absolute Gasteiger partial charge is 0.495 e. The van der Waals surface area contributed by atoms with E-state index in [-0.39, 0.29) is 6.03 Å². The van der Waals surface area contributed by atoms with Crippen LogP contribution in [0.25, 0.3) is 0 Å². The van der Waals surface area contributed by atoms with E-state index in [9.17, 15) is 4.79 Å². The van der Waals surface area contributed by atoms with Crippen LogP contribution in [0.3, 0.4) is 0 Å². The highest BCUT2D eigenvalue weighted by Gasteiger charge is 2.17. The number of aryl methyl sites for hydroxylation is 1. The third kappa shape index (κ3) is 2.81. The van der Waals surface area contributed by atoms with Crippen molar-refractivity contribution in [3.05, 3.63) is 35.9 Å². The van der Waals surface area contributed by atoms with Crippen LogP contribution in [0.4, 0.5) is 10.5 Å². The maximum Gasteiger partial charge on any atom is 0.319 e. The number of aromatic nitrogens is 3. The van der Waals surface area contributed by atoms with E-state index in [4.69, 9.17) is 4.74 Å². The normalized spacial score (nSPS) is 12.8. The molecule has 2 amide bonds. The number of ether oxygens (including phenoxy) is 1. The molecule has 0 bridgehead atoms. The van der Waals surface area contributed by atoms with Crippen LogP contribution >= 0.6 is 0 Å². The first kappa shape index (κ1) is 13.4. The van der Waals surface area contributed by atoms with Crippen LogP contribution in [0.5, 0.6) is 5.75 Å². The molecule has 0 fully saturated rings. The maximum atomic E-state index is 11.9. The number of methoxy groups -OCH3 is 1. The molecule has 7 nitrogen and oxygen atoms in total. The number of nitrogens with zero attached hydrogens (tertiary/aromatic N) is 3. The maximum absolute atomic E-state index is 11.9. The Kier molecular flexibility index (Phi) is 3.72. The zero-order valence-corrected chi connectivity index (χ0v) is 11.8. The number of para-hydroxylation sites is 2. The molecule has 2 heterocycles. The Morgan fingerprint density at radius 2 is 2.24 bits per heavy atom. The summed E-state index contributed by atoms with van der Waals surface area (Å²) in [4.78, 5) is 11.9. The van der Waals surface area contributed by atoms with Gasteiger partial charge in [-0.15, -0.1) is 10.2 Å². The van der Waals surface area contributed by atoms with Crippen LogP contribution in [0, 0.1) is 0 Å². The molecule has 0 spiro atoms. The number of hydrogen-bond donors (Lipinski definition) is 2. The third-order valence-corrected chi connectivity index (χ3v) is 3.45. The second kappa shape index (κ2) is 5.82. The first-order valence-electron chi connectivity index (χ1n) is 6.87. The molecule has 1 aromatic heterocycles. The Morgan fingerprint density at radius 3 is 3.10 bits per heavy atom. The summed E-state index contributed by atoms with van der Waals surface area (Å²) in [6, 6.07) is 6.97. The molecule has 7 heteroatoms. The summed E-state index contributed by atoms with van der Waals surface area (Å²) >= 11 is 0. The predicted octanol–water partition coefficient (Wildman–Crippen LogP) is 1.55. The van der Waals surface area contributed by atoms with Gasteiger partial charge in [0.25, 0.3) is 0 Å². The molecule has 1 aliphatic heterocycles. The summed E-state index contributed by atoms with van der Waals surface area (Å²) in [6.45, 7) is 1.28. The average molecular weight is 287 g/mol. The standard InChI is InChI=1S/C14H17N5O2/c1-21-11-6-3-2-5-10(11)16-14(20)15-9-13-18-17-12-7-4-8-19(12)13/h2-3,5-6H,4,7-9H2,1H3,(H2,15,16,20). The molecule has 0 radical (unpaired) electrons. The molecule has 0 saturated carbocycles. The molecule has 0 unspecified atom stereocenters. The van der Waals surface area contributed by atoms with Gasteiger partial charge in [-0.1, -0.05) is 12.1 Å². The van der Waals surface area contributed by atoms with Crippen molar-refractivity contribution >= 4 is 11.7 Å². The number of benzene rings is 1. The zero-order chi connectivity index (χ0) is 14.7. The van der Waals surface area contributed by atoms with Gasteiger partial charge in [-0.3, -0.25) is 0 Å². The van der Waals surface area contributed by atoms with E-state index in [1.54, 1.807) is 19.2 Å². The summed E-state index contributed by atoms with van der Waals surface area (Å²) < 4.78 is 7.25. The van der Waals surface area contributed by atoms with Crippen LogP contribution in [0.15, 0.2) is 24.3 Å². The molecule has 1 aliphatic rings. The Balaban J connectivity index is 1.59. The lowest BCUT2D eigenvalue weighted by atomic mass is 10.3. The van der Waals surface area contributed by atoms with E-state index >= 15 is 0 Å². The van der Waals surface area contributed by atoms with Gasteiger partial charge in [0.05, 0.1) is 19.3 Å². The van der Waals surface area contributed by atoms with Gasteiger partial charge in [-0.05, 0) is 18.6 Å². The fraction of sp³-hybridized carbons (Fsp3) is 0.357. The lowest BCUT2D eigenvalue weighted by Crippen LogP contribution is -2.29. The summed E-state index contributed by atoms with van der Waals surface area (Å²) in [6.07, 6.45) is 2.05. The first-order chi connectivity index (χ1) is 10.3. The number of rotatable bonds is 4. The van der Waals surface area contributed by atoms with Gasteiger partial charge in [-0.25, -0.2) is 4.79 Å². The third-order valence-electron chi connectivity index (χ3n) is 3.45. The smallest absolute Gasteiger partial charge is 0.319 e. The van der Waals surface area contributed by atoms with Crippen molar-refractivity contribution in [2.45, 2.75) is 25.9 Å². The molecule has 0 saturated heterocycles. The summed E-state index contributed by atoms with van der Waals surface area (Å²) in [5, 5.41) is 13.7. The van der Waals surface area contributed by atoms with Crippen molar-refractivity contribution in [3.63, 3.8) is 0 Å². The van der Waals surface area contributed by atoms with Gasteiger partial charge in [0, 0.05) is 13.0 Å². The fourth-order valence-electron chi connectivity index (χ4n) is 2.42. The van der Waals surface area contributed by atoms with Crippen molar-refractivity contribution in [1.82, 2.24) is 20.1 Å². The van der Waals surface area contributed by atoms with Crippen LogP contribution < -0.4 is 15.4 Å². The number of hydrogen-bond acceptors (Lipinski definition) is 4. The highest BCUT2D eigenvalue weighted by atomic mass is 16.5. The molecule has 0 aliphatic carbocycles. The van der Waals surface area contributed by atoms with Crippen molar-refractivity contribution in [2.75, 3.05) is 12.4 Å². The van der Waals surface area contributed by atoms with Gasteiger partial charge in [-0.2, -0.15) is 0 Å². The number of carbonyl (C=O) groups excluding carboxylic acids is 1. The topological polar surface area (TPSA) is 81.1 Å². The van der Waals surface area contributed by atoms with Crippen molar-refractivity contribution in [3.8, 4) is 5.75 Å².